The number of likely N-dealkylation sites (N-methyl/N-ethyl adjacent to an activating group) is 1. The third-order valence-corrected chi connectivity index (χ3v) is 6.39. The van der Waals surface area contributed by atoms with E-state index in [2.05, 4.69) is 15.2 Å². The number of piperazine rings is 1. The third kappa shape index (κ3) is 6.79. The van der Waals surface area contributed by atoms with Gasteiger partial charge in [0.05, 0.1) is 16.1 Å². The number of hydrogen-bond acceptors (Lipinski definition) is 7. The molecule has 1 aromatic heterocycles. The molecule has 0 aliphatic carbocycles. The van der Waals surface area contributed by atoms with Gasteiger partial charge >= 0.3 is 12.3 Å². The topological polar surface area (TPSA) is 124 Å². The number of halogens is 4. The highest BCUT2D eigenvalue weighted by Crippen LogP contribution is 2.36. The molecule has 3 N–H and O–H groups in total. The van der Waals surface area contributed by atoms with E-state index in [1.807, 2.05) is 17.3 Å². The van der Waals surface area contributed by atoms with E-state index in [9.17, 15) is 27.6 Å². The largest absolute Gasteiger partial charge is 0.465 e. The summed E-state index contributed by atoms with van der Waals surface area (Å²) in [5, 5.41) is 13.5. The average molecular weight is 578 g/mol. The minimum Gasteiger partial charge on any atom is -0.465 e. The lowest BCUT2D eigenvalue weighted by molar-refractivity contribution is -0.137. The van der Waals surface area contributed by atoms with Crippen LogP contribution in [0.3, 0.4) is 0 Å². The summed E-state index contributed by atoms with van der Waals surface area (Å²) in [6.45, 7) is 2.43. The van der Waals surface area contributed by atoms with Crippen LogP contribution in [-0.4, -0.2) is 66.5 Å². The van der Waals surface area contributed by atoms with Crippen molar-refractivity contribution in [3.8, 4) is 11.5 Å². The summed E-state index contributed by atoms with van der Waals surface area (Å²) in [4.78, 5) is 43.3. The Morgan fingerprint density at radius 3 is 2.42 bits per heavy atom. The molecule has 0 radical (unpaired) electrons. The molecule has 14 heteroatoms. The van der Waals surface area contributed by atoms with Gasteiger partial charge in [0.2, 0.25) is 0 Å². The van der Waals surface area contributed by atoms with Gasteiger partial charge < -0.3 is 25.0 Å². The molecule has 0 spiro atoms. The molecule has 0 bridgehead atoms. The van der Waals surface area contributed by atoms with Crippen LogP contribution in [-0.2, 0) is 6.18 Å². The van der Waals surface area contributed by atoms with Gasteiger partial charge in [-0.05, 0) is 43.4 Å². The number of carbonyl (C=O) groups excluding carboxylic acids is 2. The van der Waals surface area contributed by atoms with Gasteiger partial charge in [-0.1, -0.05) is 11.6 Å². The number of pyridine rings is 1. The third-order valence-electron chi connectivity index (χ3n) is 6.08. The van der Waals surface area contributed by atoms with Gasteiger partial charge in [-0.25, -0.2) is 9.78 Å². The zero-order chi connectivity index (χ0) is 29.0. The lowest BCUT2D eigenvalue weighted by atomic mass is 10.1. The monoisotopic (exact) mass is 577 g/mol. The highest BCUT2D eigenvalue weighted by molar-refractivity contribution is 6.32. The molecule has 0 saturated carbocycles. The Hall–Kier alpha value is -4.36. The van der Waals surface area contributed by atoms with E-state index in [-0.39, 0.29) is 39.2 Å². The number of ether oxygens (including phenoxy) is 1. The summed E-state index contributed by atoms with van der Waals surface area (Å²) in [7, 11) is 1.93. The highest BCUT2D eigenvalue weighted by Gasteiger charge is 2.32. The summed E-state index contributed by atoms with van der Waals surface area (Å²) >= 11 is 6.21. The van der Waals surface area contributed by atoms with Gasteiger partial charge in [-0.2, -0.15) is 13.2 Å². The second kappa shape index (κ2) is 11.8. The summed E-state index contributed by atoms with van der Waals surface area (Å²) in [5.74, 6) is -1.16. The van der Waals surface area contributed by atoms with Crippen molar-refractivity contribution in [1.29, 1.82) is 0 Å². The second-order valence-electron chi connectivity index (χ2n) is 8.88. The number of benzene rings is 2. The number of rotatable bonds is 7. The zero-order valence-corrected chi connectivity index (χ0v) is 21.7. The number of carboxylic acid groups (broad SMARTS) is 1. The number of amides is 2. The normalized spacial score (nSPS) is 14.0. The van der Waals surface area contributed by atoms with E-state index in [1.54, 1.807) is 0 Å². The van der Waals surface area contributed by atoms with Crippen molar-refractivity contribution in [2.45, 2.75) is 6.18 Å². The predicted molar refractivity (Wildman–Crippen MR) is 142 cm³/mol. The predicted octanol–water partition coefficient (Wildman–Crippen LogP) is 5.45. The number of hydrogen-bond donors (Lipinski definition) is 3. The van der Waals surface area contributed by atoms with Crippen LogP contribution in [0.5, 0.6) is 11.5 Å². The first-order valence-corrected chi connectivity index (χ1v) is 12.2. The minimum absolute atomic E-state index is 0.00329. The van der Waals surface area contributed by atoms with Gasteiger partial charge in [0, 0.05) is 55.4 Å². The molecule has 1 aliphatic rings. The summed E-state index contributed by atoms with van der Waals surface area (Å²) < 4.78 is 46.7. The first kappa shape index (κ1) is 28.6. The molecule has 1 saturated heterocycles. The Morgan fingerprint density at radius 1 is 1.05 bits per heavy atom. The highest BCUT2D eigenvalue weighted by atomic mass is 35.5. The molecule has 0 atom stereocenters. The van der Waals surface area contributed by atoms with Crippen molar-refractivity contribution < 1.29 is 37.4 Å². The first-order chi connectivity index (χ1) is 18.9. The van der Waals surface area contributed by atoms with Crippen molar-refractivity contribution in [1.82, 2.24) is 9.88 Å². The number of carbonyl (C=O) groups is 3. The molecule has 4 rings (SSSR count). The van der Waals surface area contributed by atoms with E-state index in [4.69, 9.17) is 21.4 Å². The standard InChI is InChI=1S/C26H23ClF3N5O5/c1-34-6-8-35(9-7-34)18-12-16(26(28,29)30)11-17(13-18)32-24(37)15-2-3-20(27)22(10-15)40-21-4-5-31-23(19(21)14-36)33-25(38)39/h2-5,10-14H,6-9H2,1H3,(H,31,33)(H,32,37)(H,38,39). The van der Waals surface area contributed by atoms with E-state index < -0.39 is 23.7 Å². The Kier molecular flexibility index (Phi) is 8.45. The summed E-state index contributed by atoms with van der Waals surface area (Å²) in [5.41, 5.74) is -0.819. The molecule has 2 aromatic carbocycles. The van der Waals surface area contributed by atoms with Gasteiger partial charge in [0.25, 0.3) is 5.91 Å². The van der Waals surface area contributed by atoms with Gasteiger partial charge in [0.1, 0.15) is 17.3 Å². The summed E-state index contributed by atoms with van der Waals surface area (Å²) in [6.07, 6.45) is -4.54. The number of nitrogens with zero attached hydrogens (tertiary/aromatic N) is 3. The Balaban J connectivity index is 1.61. The smallest absolute Gasteiger partial charge is 0.416 e. The van der Waals surface area contributed by atoms with Crippen LogP contribution in [0.4, 0.5) is 35.2 Å². The number of aromatic nitrogens is 1. The van der Waals surface area contributed by atoms with Crippen LogP contribution in [0.1, 0.15) is 26.3 Å². The molecule has 1 aliphatic heterocycles. The number of nitrogens with one attached hydrogen (secondary N) is 2. The fourth-order valence-electron chi connectivity index (χ4n) is 4.00. The molecule has 1 fully saturated rings. The lowest BCUT2D eigenvalue weighted by Crippen LogP contribution is -2.44. The molecule has 10 nitrogen and oxygen atoms in total. The fraction of sp³-hybridized carbons (Fsp3) is 0.231. The van der Waals surface area contributed by atoms with E-state index in [0.29, 0.717) is 38.2 Å². The van der Waals surface area contributed by atoms with E-state index >= 15 is 0 Å². The maximum atomic E-state index is 13.7. The van der Waals surface area contributed by atoms with Crippen LogP contribution in [0, 0.1) is 0 Å². The molecule has 40 heavy (non-hydrogen) atoms. The van der Waals surface area contributed by atoms with Crippen LogP contribution in [0.25, 0.3) is 0 Å². The number of anilines is 3. The Labute approximate surface area is 231 Å². The molecular formula is C26H23ClF3N5O5. The molecular weight excluding hydrogens is 555 g/mol. The first-order valence-electron chi connectivity index (χ1n) is 11.8. The van der Waals surface area contributed by atoms with Gasteiger partial charge in [-0.15, -0.1) is 0 Å². The van der Waals surface area contributed by atoms with Crippen molar-refractivity contribution in [3.05, 3.63) is 70.4 Å². The van der Waals surface area contributed by atoms with Crippen molar-refractivity contribution >= 4 is 47.1 Å². The summed E-state index contributed by atoms with van der Waals surface area (Å²) in [6, 6.07) is 8.62. The van der Waals surface area contributed by atoms with Crippen LogP contribution in [0.15, 0.2) is 48.7 Å². The molecule has 210 valence electrons. The van der Waals surface area contributed by atoms with Crippen molar-refractivity contribution in [2.75, 3.05) is 48.8 Å². The van der Waals surface area contributed by atoms with E-state index in [0.717, 1.165) is 12.1 Å². The van der Waals surface area contributed by atoms with Crippen LogP contribution in [0.2, 0.25) is 5.02 Å². The maximum absolute atomic E-state index is 13.7. The number of aldehydes is 1. The van der Waals surface area contributed by atoms with E-state index in [1.165, 1.54) is 36.5 Å². The molecule has 0 unspecified atom stereocenters. The average Bonchev–Trinajstić information content (AvgIpc) is 2.89. The Bertz CT molecular complexity index is 1440. The minimum atomic E-state index is -4.63. The maximum Gasteiger partial charge on any atom is 0.416 e. The second-order valence-corrected chi connectivity index (χ2v) is 9.28. The molecule has 2 amide bonds. The number of alkyl halides is 3. The Morgan fingerprint density at radius 2 is 1.77 bits per heavy atom. The lowest BCUT2D eigenvalue weighted by Gasteiger charge is -2.34. The fourth-order valence-corrected chi connectivity index (χ4v) is 4.15. The SMILES string of the molecule is CN1CCN(c2cc(NC(=O)c3ccc(Cl)c(Oc4ccnc(NC(=O)O)c4C=O)c3)cc(C(F)(F)F)c2)CC1. The van der Waals surface area contributed by atoms with Crippen LogP contribution >= 0.6 is 11.6 Å². The van der Waals surface area contributed by atoms with Crippen molar-refractivity contribution in [3.63, 3.8) is 0 Å². The van der Waals surface area contributed by atoms with Crippen molar-refractivity contribution in [2.24, 2.45) is 0 Å². The van der Waals surface area contributed by atoms with Gasteiger partial charge in [0.15, 0.2) is 6.29 Å². The van der Waals surface area contributed by atoms with Gasteiger partial charge in [-0.3, -0.25) is 14.9 Å². The zero-order valence-electron chi connectivity index (χ0n) is 21.0. The quantitative estimate of drug-likeness (QED) is 0.317. The molecule has 2 heterocycles. The molecule has 3 aromatic rings. The van der Waals surface area contributed by atoms with Crippen LogP contribution < -0.4 is 20.3 Å².